The van der Waals surface area contributed by atoms with Crippen LogP contribution in [0.25, 0.3) is 0 Å². The van der Waals surface area contributed by atoms with Crippen LogP contribution < -0.4 is 10.6 Å². The number of nitrogens with one attached hydrogen (secondary N) is 2. The Morgan fingerprint density at radius 1 is 0.909 bits per heavy atom. The van der Waals surface area contributed by atoms with E-state index < -0.39 is 0 Å². The molecule has 2 rings (SSSR count). The molecule has 0 heterocycles. The highest BCUT2D eigenvalue weighted by Crippen LogP contribution is 2.24. The van der Waals surface area contributed by atoms with Crippen molar-refractivity contribution in [2.24, 2.45) is 0 Å². The van der Waals surface area contributed by atoms with Gasteiger partial charge in [-0.1, -0.05) is 18.2 Å². The van der Waals surface area contributed by atoms with Crippen LogP contribution in [-0.2, 0) is 9.59 Å². The number of carbonyl (C=O) groups is 2. The van der Waals surface area contributed by atoms with Gasteiger partial charge in [-0.3, -0.25) is 9.59 Å². The minimum absolute atomic E-state index is 0.0545. The standard InChI is InChI=1S/C17H18N2O2S/c1-12(22-16-6-4-3-5-7-16)17(21)19-15-10-8-14(9-11-15)18-13(2)20/h3-12H,1-2H3,(H,18,20)(H,19,21)/t12-/m1/s1. The predicted molar refractivity (Wildman–Crippen MR) is 91.1 cm³/mol. The fourth-order valence-corrected chi connectivity index (χ4v) is 2.73. The van der Waals surface area contributed by atoms with E-state index in [0.717, 1.165) is 4.90 Å². The Morgan fingerprint density at radius 3 is 2.00 bits per heavy atom. The van der Waals surface area contributed by atoms with Crippen LogP contribution in [0, 0.1) is 0 Å². The molecule has 0 radical (unpaired) electrons. The zero-order valence-electron chi connectivity index (χ0n) is 12.5. The third-order valence-corrected chi connectivity index (χ3v) is 4.01. The molecule has 2 aromatic carbocycles. The van der Waals surface area contributed by atoms with Crippen molar-refractivity contribution in [2.45, 2.75) is 24.0 Å². The van der Waals surface area contributed by atoms with Crippen LogP contribution in [0.15, 0.2) is 59.5 Å². The fraction of sp³-hybridized carbons (Fsp3) is 0.176. The summed E-state index contributed by atoms with van der Waals surface area (Å²) in [6.07, 6.45) is 0. The summed E-state index contributed by atoms with van der Waals surface area (Å²) in [5.41, 5.74) is 1.41. The van der Waals surface area contributed by atoms with Gasteiger partial charge in [0.2, 0.25) is 11.8 Å². The summed E-state index contributed by atoms with van der Waals surface area (Å²) in [5.74, 6) is -0.175. The lowest BCUT2D eigenvalue weighted by atomic mass is 10.2. The molecule has 0 saturated heterocycles. The van der Waals surface area contributed by atoms with Crippen LogP contribution in [0.4, 0.5) is 11.4 Å². The van der Waals surface area contributed by atoms with E-state index in [9.17, 15) is 9.59 Å². The lowest BCUT2D eigenvalue weighted by Gasteiger charge is -2.12. The number of hydrogen-bond acceptors (Lipinski definition) is 3. The minimum atomic E-state index is -0.197. The van der Waals surface area contributed by atoms with Crippen LogP contribution >= 0.6 is 11.8 Å². The molecule has 22 heavy (non-hydrogen) atoms. The van der Waals surface area contributed by atoms with E-state index in [1.54, 1.807) is 24.3 Å². The van der Waals surface area contributed by atoms with Gasteiger partial charge < -0.3 is 10.6 Å². The highest BCUT2D eigenvalue weighted by Gasteiger charge is 2.14. The molecule has 0 spiro atoms. The second-order valence-electron chi connectivity index (χ2n) is 4.82. The first-order chi connectivity index (χ1) is 10.5. The lowest BCUT2D eigenvalue weighted by molar-refractivity contribution is -0.115. The highest BCUT2D eigenvalue weighted by molar-refractivity contribution is 8.00. The number of amides is 2. The summed E-state index contributed by atoms with van der Waals surface area (Å²) < 4.78 is 0. The minimum Gasteiger partial charge on any atom is -0.326 e. The van der Waals surface area contributed by atoms with Crippen molar-refractivity contribution in [2.75, 3.05) is 10.6 Å². The van der Waals surface area contributed by atoms with E-state index in [1.807, 2.05) is 37.3 Å². The van der Waals surface area contributed by atoms with Crippen molar-refractivity contribution in [3.8, 4) is 0 Å². The van der Waals surface area contributed by atoms with Crippen molar-refractivity contribution in [1.82, 2.24) is 0 Å². The second-order valence-corrected chi connectivity index (χ2v) is 6.24. The summed E-state index contributed by atoms with van der Waals surface area (Å²) in [5, 5.41) is 5.36. The first kappa shape index (κ1) is 16.1. The lowest BCUT2D eigenvalue weighted by Crippen LogP contribution is -2.22. The van der Waals surface area contributed by atoms with Gasteiger partial charge in [-0.2, -0.15) is 0 Å². The maximum Gasteiger partial charge on any atom is 0.237 e. The molecular formula is C17H18N2O2S. The van der Waals surface area contributed by atoms with Crippen LogP contribution in [0.2, 0.25) is 0 Å². The molecule has 0 bridgehead atoms. The average Bonchev–Trinajstić information content (AvgIpc) is 2.49. The van der Waals surface area contributed by atoms with Gasteiger partial charge in [-0.15, -0.1) is 11.8 Å². The zero-order chi connectivity index (χ0) is 15.9. The molecule has 2 N–H and O–H groups in total. The molecule has 0 aliphatic carbocycles. The van der Waals surface area contributed by atoms with Crippen LogP contribution in [-0.4, -0.2) is 17.1 Å². The van der Waals surface area contributed by atoms with E-state index in [1.165, 1.54) is 18.7 Å². The number of anilines is 2. The Balaban J connectivity index is 1.92. The molecule has 2 aromatic rings. The molecule has 114 valence electrons. The van der Waals surface area contributed by atoms with Gasteiger partial charge in [0.1, 0.15) is 0 Å². The van der Waals surface area contributed by atoms with Crippen molar-refractivity contribution in [3.05, 3.63) is 54.6 Å². The third-order valence-electron chi connectivity index (χ3n) is 2.90. The van der Waals surface area contributed by atoms with Gasteiger partial charge in [-0.05, 0) is 43.3 Å². The maximum atomic E-state index is 12.2. The molecule has 0 aliphatic rings. The Hall–Kier alpha value is -2.27. The third kappa shape index (κ3) is 4.93. The number of thioether (sulfide) groups is 1. The fourth-order valence-electron chi connectivity index (χ4n) is 1.84. The van der Waals surface area contributed by atoms with Gasteiger partial charge in [-0.25, -0.2) is 0 Å². The Labute approximate surface area is 134 Å². The first-order valence-corrected chi connectivity index (χ1v) is 7.83. The van der Waals surface area contributed by atoms with Crippen LogP contribution in [0.1, 0.15) is 13.8 Å². The molecule has 5 heteroatoms. The SMILES string of the molecule is CC(=O)Nc1ccc(NC(=O)[C@@H](C)Sc2ccccc2)cc1. The van der Waals surface area contributed by atoms with E-state index in [-0.39, 0.29) is 17.1 Å². The Bertz CT molecular complexity index is 641. The maximum absolute atomic E-state index is 12.2. The Kier molecular flexibility index (Phi) is 5.61. The monoisotopic (exact) mass is 314 g/mol. The van der Waals surface area contributed by atoms with Crippen molar-refractivity contribution in [3.63, 3.8) is 0 Å². The molecule has 1 atom stereocenters. The predicted octanol–water partition coefficient (Wildman–Crippen LogP) is 3.76. The van der Waals surface area contributed by atoms with E-state index in [2.05, 4.69) is 10.6 Å². The second kappa shape index (κ2) is 7.66. The number of rotatable bonds is 5. The smallest absolute Gasteiger partial charge is 0.237 e. The van der Waals surface area contributed by atoms with E-state index >= 15 is 0 Å². The van der Waals surface area contributed by atoms with Gasteiger partial charge in [0.25, 0.3) is 0 Å². The summed E-state index contributed by atoms with van der Waals surface area (Å²) in [7, 11) is 0. The summed E-state index contributed by atoms with van der Waals surface area (Å²) in [6, 6.07) is 16.9. The highest BCUT2D eigenvalue weighted by atomic mass is 32.2. The normalized spacial score (nSPS) is 11.5. The van der Waals surface area contributed by atoms with Crippen molar-refractivity contribution < 1.29 is 9.59 Å². The molecular weight excluding hydrogens is 296 g/mol. The van der Waals surface area contributed by atoms with Crippen molar-refractivity contribution >= 4 is 35.0 Å². The van der Waals surface area contributed by atoms with Gasteiger partial charge >= 0.3 is 0 Å². The molecule has 0 saturated carbocycles. The van der Waals surface area contributed by atoms with Gasteiger partial charge in [0, 0.05) is 23.2 Å². The molecule has 2 amide bonds. The van der Waals surface area contributed by atoms with Crippen LogP contribution in [0.3, 0.4) is 0 Å². The zero-order valence-corrected chi connectivity index (χ0v) is 13.3. The molecule has 0 fully saturated rings. The summed E-state index contributed by atoms with van der Waals surface area (Å²) in [4.78, 5) is 24.2. The van der Waals surface area contributed by atoms with Gasteiger partial charge in [0.05, 0.1) is 5.25 Å². The van der Waals surface area contributed by atoms with E-state index in [0.29, 0.717) is 11.4 Å². The molecule has 0 aliphatic heterocycles. The molecule has 0 unspecified atom stereocenters. The molecule has 4 nitrogen and oxygen atoms in total. The summed E-state index contributed by atoms with van der Waals surface area (Å²) >= 11 is 1.51. The van der Waals surface area contributed by atoms with Gasteiger partial charge in [0.15, 0.2) is 0 Å². The quantitative estimate of drug-likeness (QED) is 0.826. The number of carbonyl (C=O) groups excluding carboxylic acids is 2. The van der Waals surface area contributed by atoms with Crippen molar-refractivity contribution in [1.29, 1.82) is 0 Å². The molecule has 0 aromatic heterocycles. The number of hydrogen-bond donors (Lipinski definition) is 2. The Morgan fingerprint density at radius 2 is 1.45 bits per heavy atom. The number of benzene rings is 2. The van der Waals surface area contributed by atoms with E-state index in [4.69, 9.17) is 0 Å². The first-order valence-electron chi connectivity index (χ1n) is 6.95. The van der Waals surface area contributed by atoms with Crippen LogP contribution in [0.5, 0.6) is 0 Å². The summed E-state index contributed by atoms with van der Waals surface area (Å²) in [6.45, 7) is 3.33. The largest absolute Gasteiger partial charge is 0.326 e. The topological polar surface area (TPSA) is 58.2 Å². The average molecular weight is 314 g/mol.